The third-order valence-electron chi connectivity index (χ3n) is 14.3. The predicted octanol–water partition coefficient (Wildman–Crippen LogP) is 18.8. The van der Waals surface area contributed by atoms with E-state index in [0.29, 0.717) is 0 Å². The van der Waals surface area contributed by atoms with Gasteiger partial charge < -0.3 is 4.90 Å². The van der Waals surface area contributed by atoms with E-state index in [0.717, 1.165) is 17.1 Å². The summed E-state index contributed by atoms with van der Waals surface area (Å²) in [7, 11) is 0. The lowest BCUT2D eigenvalue weighted by Crippen LogP contribution is -2.10. The SMILES string of the molecule is c1ccc2cc(-c3ccc(N(c4ccc(-c5ccc(-c6cccc7ccccc67)cc5)cc4)c4cc5ccc6cccc7c8cccc9ccc%10cccc(c(c4)c5c67)c%10c98)cc3)ccc2c1. The molecule has 14 aromatic rings. The Balaban J connectivity index is 0.962. The molecule has 0 fully saturated rings. The summed E-state index contributed by atoms with van der Waals surface area (Å²) >= 11 is 0. The van der Waals surface area contributed by atoms with E-state index >= 15 is 0 Å². The summed E-state index contributed by atoms with van der Waals surface area (Å²) in [6, 6.07) is 92.3. The molecule has 67 heavy (non-hydrogen) atoms. The second-order valence-corrected chi connectivity index (χ2v) is 18.0. The molecule has 0 aliphatic carbocycles. The molecule has 0 saturated heterocycles. The maximum Gasteiger partial charge on any atom is 0.0474 e. The summed E-state index contributed by atoms with van der Waals surface area (Å²) in [4.78, 5) is 2.44. The minimum Gasteiger partial charge on any atom is -0.310 e. The summed E-state index contributed by atoms with van der Waals surface area (Å²) in [5.74, 6) is 0. The van der Waals surface area contributed by atoms with E-state index in [-0.39, 0.29) is 0 Å². The maximum absolute atomic E-state index is 2.46. The Morgan fingerprint density at radius 2 is 0.597 bits per heavy atom. The van der Waals surface area contributed by atoms with E-state index in [1.54, 1.807) is 0 Å². The molecule has 1 nitrogen and oxygen atoms in total. The van der Waals surface area contributed by atoms with Crippen LogP contribution < -0.4 is 4.90 Å². The lowest BCUT2D eigenvalue weighted by Gasteiger charge is -2.27. The Hall–Kier alpha value is -8.78. The summed E-state index contributed by atoms with van der Waals surface area (Å²) in [6.45, 7) is 0. The maximum atomic E-state index is 2.46. The van der Waals surface area contributed by atoms with Crippen LogP contribution in [-0.4, -0.2) is 0 Å². The van der Waals surface area contributed by atoms with Crippen molar-refractivity contribution in [2.24, 2.45) is 0 Å². The molecule has 0 unspecified atom stereocenters. The molecule has 0 spiro atoms. The Morgan fingerprint density at radius 3 is 1.22 bits per heavy atom. The summed E-state index contributed by atoms with van der Waals surface area (Å²) in [5.41, 5.74) is 10.6. The highest BCUT2D eigenvalue weighted by molar-refractivity contribution is 6.37. The van der Waals surface area contributed by atoms with Gasteiger partial charge in [-0.25, -0.2) is 0 Å². The van der Waals surface area contributed by atoms with Gasteiger partial charge in [-0.1, -0.05) is 206 Å². The monoisotopic (exact) mass is 847 g/mol. The van der Waals surface area contributed by atoms with Crippen molar-refractivity contribution in [1.82, 2.24) is 0 Å². The zero-order valence-electron chi connectivity index (χ0n) is 36.6. The van der Waals surface area contributed by atoms with Gasteiger partial charge in [0.05, 0.1) is 0 Å². The first-order valence-corrected chi connectivity index (χ1v) is 23.2. The van der Waals surface area contributed by atoms with Gasteiger partial charge in [-0.15, -0.1) is 0 Å². The van der Waals surface area contributed by atoms with Crippen molar-refractivity contribution < 1.29 is 0 Å². The number of fused-ring (bicyclic) bond motifs is 4. The van der Waals surface area contributed by atoms with Gasteiger partial charge in [-0.05, 0) is 162 Å². The number of benzene rings is 13. The zero-order valence-corrected chi connectivity index (χ0v) is 36.6. The minimum absolute atomic E-state index is 1.10. The molecule has 1 heteroatoms. The lowest BCUT2D eigenvalue weighted by molar-refractivity contribution is 1.29. The molecular formula is C66H41N. The van der Waals surface area contributed by atoms with Gasteiger partial charge >= 0.3 is 0 Å². The van der Waals surface area contributed by atoms with Crippen LogP contribution in [0.25, 0.3) is 120 Å². The highest BCUT2D eigenvalue weighted by Crippen LogP contribution is 2.47. The molecule has 14 aromatic carbocycles. The topological polar surface area (TPSA) is 3.24 Å². The van der Waals surface area contributed by atoms with Gasteiger partial charge in [0.25, 0.3) is 0 Å². The average Bonchev–Trinajstić information content (AvgIpc) is 3.40. The van der Waals surface area contributed by atoms with E-state index in [1.165, 1.54) is 120 Å². The number of hydrogen-bond acceptors (Lipinski definition) is 1. The van der Waals surface area contributed by atoms with Crippen LogP contribution in [-0.2, 0) is 0 Å². The van der Waals surface area contributed by atoms with Crippen LogP contribution in [0, 0.1) is 0 Å². The second-order valence-electron chi connectivity index (χ2n) is 18.0. The molecule has 0 heterocycles. The molecule has 0 bridgehead atoms. The van der Waals surface area contributed by atoms with Crippen LogP contribution in [0.4, 0.5) is 17.1 Å². The smallest absolute Gasteiger partial charge is 0.0474 e. The van der Waals surface area contributed by atoms with Crippen LogP contribution in [0.5, 0.6) is 0 Å². The van der Waals surface area contributed by atoms with Crippen molar-refractivity contribution in [3.63, 3.8) is 0 Å². The third kappa shape index (κ3) is 6.02. The van der Waals surface area contributed by atoms with E-state index in [1.807, 2.05) is 0 Å². The molecule has 310 valence electrons. The molecule has 0 aliphatic rings. The zero-order chi connectivity index (χ0) is 44.0. The van der Waals surface area contributed by atoms with Crippen molar-refractivity contribution in [3.05, 3.63) is 249 Å². The molecule has 0 atom stereocenters. The van der Waals surface area contributed by atoms with Gasteiger partial charge in [0.2, 0.25) is 0 Å². The molecule has 0 aliphatic heterocycles. The van der Waals surface area contributed by atoms with Crippen molar-refractivity contribution in [3.8, 4) is 33.4 Å². The first-order chi connectivity index (χ1) is 33.2. The van der Waals surface area contributed by atoms with Gasteiger partial charge in [0.15, 0.2) is 0 Å². The van der Waals surface area contributed by atoms with Crippen LogP contribution in [0.3, 0.4) is 0 Å². The fraction of sp³-hybridized carbons (Fsp3) is 0. The lowest BCUT2D eigenvalue weighted by atomic mass is 9.87. The Labute approximate surface area is 388 Å². The second kappa shape index (κ2) is 14.9. The van der Waals surface area contributed by atoms with Crippen molar-refractivity contribution >= 4 is 103 Å². The first-order valence-electron chi connectivity index (χ1n) is 23.2. The predicted molar refractivity (Wildman–Crippen MR) is 289 cm³/mol. The molecule has 0 radical (unpaired) electrons. The Morgan fingerprint density at radius 1 is 0.194 bits per heavy atom. The van der Waals surface area contributed by atoms with Crippen molar-refractivity contribution in [2.75, 3.05) is 4.90 Å². The standard InChI is InChI=1S/C66H41N/c1-2-11-51-39-52(29-23-42(51)9-1)45-33-37-55(38-34-45)67(54-35-31-44(32-36-54)43-21-24-47(25-22-43)58-17-5-12-46-10-3-4-16-57(46)58)56-40-53-30-28-50-14-7-19-60-59-18-6-13-48-26-27-49-15-8-20-61(65(49)63(48)59)62(41-56)66(53)64(50)60/h1-41H. The fourth-order valence-corrected chi connectivity index (χ4v) is 11.1. The van der Waals surface area contributed by atoms with E-state index in [9.17, 15) is 0 Å². The quantitative estimate of drug-likeness (QED) is 0.151. The third-order valence-corrected chi connectivity index (χ3v) is 14.3. The van der Waals surface area contributed by atoms with Gasteiger partial charge in [0.1, 0.15) is 0 Å². The molecule has 0 saturated carbocycles. The number of hydrogen-bond donors (Lipinski definition) is 0. The van der Waals surface area contributed by atoms with Crippen LogP contribution in [0.2, 0.25) is 0 Å². The number of nitrogens with zero attached hydrogens (tertiary/aromatic N) is 1. The summed E-state index contributed by atoms with van der Waals surface area (Å²) < 4.78 is 0. The van der Waals surface area contributed by atoms with E-state index in [4.69, 9.17) is 0 Å². The van der Waals surface area contributed by atoms with Gasteiger partial charge in [0, 0.05) is 17.1 Å². The van der Waals surface area contributed by atoms with Gasteiger partial charge in [-0.3, -0.25) is 0 Å². The average molecular weight is 848 g/mol. The van der Waals surface area contributed by atoms with Gasteiger partial charge in [-0.2, -0.15) is 0 Å². The Bertz CT molecular complexity index is 4230. The molecular weight excluding hydrogens is 807 g/mol. The minimum atomic E-state index is 1.10. The van der Waals surface area contributed by atoms with Crippen LogP contribution >= 0.6 is 0 Å². The van der Waals surface area contributed by atoms with Crippen molar-refractivity contribution in [2.45, 2.75) is 0 Å². The number of anilines is 3. The van der Waals surface area contributed by atoms with E-state index < -0.39 is 0 Å². The van der Waals surface area contributed by atoms with Crippen LogP contribution in [0.15, 0.2) is 249 Å². The van der Waals surface area contributed by atoms with Crippen molar-refractivity contribution in [1.29, 1.82) is 0 Å². The molecule has 0 N–H and O–H groups in total. The fourth-order valence-electron chi connectivity index (χ4n) is 11.1. The summed E-state index contributed by atoms with van der Waals surface area (Å²) in [5, 5.41) is 20.3. The molecule has 0 amide bonds. The molecule has 0 aromatic heterocycles. The van der Waals surface area contributed by atoms with Crippen LogP contribution in [0.1, 0.15) is 0 Å². The van der Waals surface area contributed by atoms with E-state index in [2.05, 4.69) is 254 Å². The Kier molecular flexibility index (Phi) is 8.35. The summed E-state index contributed by atoms with van der Waals surface area (Å²) in [6.07, 6.45) is 0. The number of rotatable bonds is 6. The highest BCUT2D eigenvalue weighted by atomic mass is 15.1. The molecule has 14 rings (SSSR count). The highest BCUT2D eigenvalue weighted by Gasteiger charge is 2.20. The first kappa shape index (κ1) is 37.6. The normalized spacial score (nSPS) is 11.9. The largest absolute Gasteiger partial charge is 0.310 e.